The summed E-state index contributed by atoms with van der Waals surface area (Å²) < 4.78 is 7.60. The lowest BCUT2D eigenvalue weighted by atomic mass is 9.93. The molecule has 0 aliphatic rings. The Morgan fingerprint density at radius 2 is 2.08 bits per heavy atom. The zero-order valence-corrected chi connectivity index (χ0v) is 20.4. The molecule has 4 aromatic rings. The van der Waals surface area contributed by atoms with E-state index < -0.39 is 0 Å². The van der Waals surface area contributed by atoms with Crippen molar-refractivity contribution in [1.29, 1.82) is 5.26 Å². The number of aryl methyl sites for hydroxylation is 1. The number of carbonyl (C=O) groups excluding carboxylic acids is 1. The van der Waals surface area contributed by atoms with Crippen LogP contribution in [0, 0.1) is 18.3 Å². The zero-order chi connectivity index (χ0) is 26.0. The van der Waals surface area contributed by atoms with Crippen molar-refractivity contribution in [2.75, 3.05) is 33.0 Å². The number of fused-ring (bicyclic) bond motifs is 1. The molecule has 0 aliphatic heterocycles. The monoisotopic (exact) mass is 486 g/mol. The van der Waals surface area contributed by atoms with Crippen molar-refractivity contribution in [3.63, 3.8) is 0 Å². The maximum atomic E-state index is 12.8. The van der Waals surface area contributed by atoms with Crippen molar-refractivity contribution in [3.05, 3.63) is 59.3 Å². The average Bonchev–Trinajstić information content (AvgIpc) is 3.24. The molecule has 0 bridgehead atoms. The molecule has 0 radical (unpaired) electrons. The molecule has 0 aliphatic carbocycles. The maximum absolute atomic E-state index is 12.8. The SMILES string of the molecule is COc1c(C(C)n2nc(C)c3c(N)ncnc32)ccc(C#N)c1-c1ccnc(C(=O)N(C)CCO)c1. The topological polar surface area (TPSA) is 156 Å². The Morgan fingerprint density at radius 1 is 1.31 bits per heavy atom. The number of aliphatic hydroxyl groups excluding tert-OH is 1. The minimum absolute atomic E-state index is 0.160. The lowest BCUT2D eigenvalue weighted by Crippen LogP contribution is -2.30. The Hall–Kier alpha value is -4.56. The van der Waals surface area contributed by atoms with E-state index in [2.05, 4.69) is 26.1 Å². The Morgan fingerprint density at radius 3 is 2.78 bits per heavy atom. The van der Waals surface area contributed by atoms with E-state index >= 15 is 0 Å². The number of benzene rings is 1. The number of ether oxygens (including phenoxy) is 1. The first-order chi connectivity index (χ1) is 17.3. The first kappa shape index (κ1) is 24.6. The molecular weight excluding hydrogens is 460 g/mol. The van der Waals surface area contributed by atoms with Gasteiger partial charge in [-0.15, -0.1) is 0 Å². The number of nitrogen functional groups attached to an aromatic ring is 1. The summed E-state index contributed by atoms with van der Waals surface area (Å²) in [4.78, 5) is 26.8. The molecule has 0 fully saturated rings. The van der Waals surface area contributed by atoms with E-state index in [0.717, 1.165) is 5.56 Å². The van der Waals surface area contributed by atoms with Crippen LogP contribution in [0.15, 0.2) is 36.8 Å². The standard InChI is InChI=1S/C25H26N8O3/c1-14-20-23(27)29-13-30-24(20)33(31-14)15(2)18-6-5-17(12-26)21(22(18)36-4)16-7-8-28-19(11-16)25(35)32(3)9-10-34/h5-8,11,13,15,34H,9-10H2,1-4H3,(H2,27,29,30). The van der Waals surface area contributed by atoms with Crippen LogP contribution in [0.2, 0.25) is 0 Å². The van der Waals surface area contributed by atoms with E-state index in [1.807, 2.05) is 19.9 Å². The molecule has 0 saturated heterocycles. The summed E-state index contributed by atoms with van der Waals surface area (Å²) in [6.07, 6.45) is 2.91. The summed E-state index contributed by atoms with van der Waals surface area (Å²) in [7, 11) is 3.12. The third-order valence-electron chi connectivity index (χ3n) is 6.07. The van der Waals surface area contributed by atoms with Crippen LogP contribution in [0.3, 0.4) is 0 Å². The van der Waals surface area contributed by atoms with Crippen molar-refractivity contribution in [2.24, 2.45) is 0 Å². The van der Waals surface area contributed by atoms with Crippen LogP contribution in [0.5, 0.6) is 5.75 Å². The van der Waals surface area contributed by atoms with Gasteiger partial charge in [0.1, 0.15) is 23.6 Å². The highest BCUT2D eigenvalue weighted by Gasteiger charge is 2.25. The van der Waals surface area contributed by atoms with Crippen LogP contribution >= 0.6 is 0 Å². The predicted molar refractivity (Wildman–Crippen MR) is 133 cm³/mol. The fourth-order valence-corrected chi connectivity index (χ4v) is 4.25. The summed E-state index contributed by atoms with van der Waals surface area (Å²) in [5, 5.41) is 24.4. The molecule has 0 saturated carbocycles. The Balaban J connectivity index is 1.87. The quantitative estimate of drug-likeness (QED) is 0.400. The lowest BCUT2D eigenvalue weighted by molar-refractivity contribution is 0.0761. The summed E-state index contributed by atoms with van der Waals surface area (Å²) in [6, 6.07) is 8.75. The molecule has 0 spiro atoms. The second kappa shape index (κ2) is 9.97. The smallest absolute Gasteiger partial charge is 0.272 e. The number of nitrogens with two attached hydrogens (primary N) is 1. The van der Waals surface area contributed by atoms with E-state index in [1.54, 1.807) is 29.9 Å². The highest BCUT2D eigenvalue weighted by Crippen LogP contribution is 2.40. The maximum Gasteiger partial charge on any atom is 0.272 e. The first-order valence-electron chi connectivity index (χ1n) is 11.2. The van der Waals surface area contributed by atoms with E-state index in [4.69, 9.17) is 10.5 Å². The summed E-state index contributed by atoms with van der Waals surface area (Å²) in [6.45, 7) is 3.81. The molecule has 1 unspecified atom stereocenters. The van der Waals surface area contributed by atoms with Crippen LogP contribution in [0.4, 0.5) is 5.82 Å². The number of carbonyl (C=O) groups is 1. The van der Waals surface area contributed by atoms with Crippen molar-refractivity contribution in [3.8, 4) is 22.9 Å². The number of aliphatic hydroxyl groups is 1. The molecule has 4 rings (SSSR count). The minimum Gasteiger partial charge on any atom is -0.496 e. The number of amides is 1. The molecular formula is C25H26N8O3. The van der Waals surface area contributed by atoms with Gasteiger partial charge in [0.2, 0.25) is 0 Å². The molecule has 11 nitrogen and oxygen atoms in total. The van der Waals surface area contributed by atoms with E-state index in [9.17, 15) is 15.2 Å². The van der Waals surface area contributed by atoms with Gasteiger partial charge in [0, 0.05) is 30.9 Å². The normalized spacial score (nSPS) is 11.8. The number of nitrogens with zero attached hydrogens (tertiary/aromatic N) is 7. The van der Waals surface area contributed by atoms with E-state index in [1.165, 1.54) is 24.5 Å². The Bertz CT molecular complexity index is 1490. The molecule has 11 heteroatoms. The number of pyridine rings is 1. The van der Waals surface area contributed by atoms with Crippen LogP contribution in [-0.4, -0.2) is 68.0 Å². The Labute approximate surface area is 207 Å². The average molecular weight is 487 g/mol. The third kappa shape index (κ3) is 4.18. The van der Waals surface area contributed by atoms with Gasteiger partial charge in [-0.2, -0.15) is 10.4 Å². The molecule has 184 valence electrons. The van der Waals surface area contributed by atoms with Crippen molar-refractivity contribution in [2.45, 2.75) is 19.9 Å². The molecule has 36 heavy (non-hydrogen) atoms. The summed E-state index contributed by atoms with van der Waals surface area (Å²) in [5.41, 5.74) is 9.81. The van der Waals surface area contributed by atoms with Gasteiger partial charge in [0.15, 0.2) is 5.65 Å². The number of aromatic nitrogens is 5. The van der Waals surface area contributed by atoms with Gasteiger partial charge in [-0.25, -0.2) is 14.6 Å². The van der Waals surface area contributed by atoms with Gasteiger partial charge < -0.3 is 20.5 Å². The van der Waals surface area contributed by atoms with Crippen LogP contribution in [0.25, 0.3) is 22.2 Å². The van der Waals surface area contributed by atoms with Crippen molar-refractivity contribution in [1.82, 2.24) is 29.6 Å². The number of anilines is 1. The first-order valence-corrected chi connectivity index (χ1v) is 11.2. The second-order valence-electron chi connectivity index (χ2n) is 8.27. The van der Waals surface area contributed by atoms with Gasteiger partial charge in [-0.3, -0.25) is 9.78 Å². The highest BCUT2D eigenvalue weighted by atomic mass is 16.5. The molecule has 3 heterocycles. The van der Waals surface area contributed by atoms with Crippen molar-refractivity contribution < 1.29 is 14.6 Å². The molecule has 3 aromatic heterocycles. The van der Waals surface area contributed by atoms with Gasteiger partial charge in [-0.1, -0.05) is 6.07 Å². The summed E-state index contributed by atoms with van der Waals surface area (Å²) in [5.74, 6) is 0.477. The number of methoxy groups -OCH3 is 1. The van der Waals surface area contributed by atoms with Gasteiger partial charge >= 0.3 is 0 Å². The fourth-order valence-electron chi connectivity index (χ4n) is 4.25. The second-order valence-corrected chi connectivity index (χ2v) is 8.27. The molecule has 1 atom stereocenters. The molecule has 1 aromatic carbocycles. The van der Waals surface area contributed by atoms with Crippen LogP contribution in [-0.2, 0) is 0 Å². The number of rotatable bonds is 7. The van der Waals surface area contributed by atoms with E-state index in [-0.39, 0.29) is 30.8 Å². The van der Waals surface area contributed by atoms with Crippen molar-refractivity contribution >= 4 is 22.8 Å². The minimum atomic E-state index is -0.344. The van der Waals surface area contributed by atoms with Crippen LogP contribution in [0.1, 0.15) is 40.3 Å². The third-order valence-corrected chi connectivity index (χ3v) is 6.07. The predicted octanol–water partition coefficient (Wildman–Crippen LogP) is 2.33. The Kier molecular flexibility index (Phi) is 6.80. The van der Waals surface area contributed by atoms with Gasteiger partial charge in [0.25, 0.3) is 5.91 Å². The van der Waals surface area contributed by atoms with Gasteiger partial charge in [0.05, 0.1) is 42.5 Å². The van der Waals surface area contributed by atoms with Gasteiger partial charge in [-0.05, 0) is 37.6 Å². The van der Waals surface area contributed by atoms with E-state index in [0.29, 0.717) is 45.0 Å². The fraction of sp³-hybridized carbons (Fsp3) is 0.280. The highest BCUT2D eigenvalue weighted by molar-refractivity contribution is 5.94. The number of hydrogen-bond donors (Lipinski definition) is 2. The van der Waals surface area contributed by atoms with Crippen LogP contribution < -0.4 is 10.5 Å². The number of likely N-dealkylation sites (N-methyl/N-ethyl adjacent to an activating group) is 1. The molecule has 1 amide bonds. The summed E-state index contributed by atoms with van der Waals surface area (Å²) >= 11 is 0. The number of hydrogen-bond acceptors (Lipinski definition) is 9. The largest absolute Gasteiger partial charge is 0.496 e. The number of nitriles is 1. The lowest BCUT2D eigenvalue weighted by Gasteiger charge is -2.21. The zero-order valence-electron chi connectivity index (χ0n) is 20.4. The molecule has 3 N–H and O–H groups in total.